The van der Waals surface area contributed by atoms with Gasteiger partial charge in [-0.3, -0.25) is 10.1 Å². The lowest BCUT2D eigenvalue weighted by atomic mass is 10.2. The highest BCUT2D eigenvalue weighted by Crippen LogP contribution is 2.28. The summed E-state index contributed by atoms with van der Waals surface area (Å²) in [7, 11) is 0. The predicted molar refractivity (Wildman–Crippen MR) is 68.6 cm³/mol. The molecule has 0 saturated heterocycles. The molecule has 0 spiro atoms. The molecule has 2 aromatic rings. The molecule has 0 aliphatic carbocycles. The third-order valence-electron chi connectivity index (χ3n) is 2.54. The molecule has 19 heavy (non-hydrogen) atoms. The number of hydrogen-bond acceptors (Lipinski definition) is 6. The summed E-state index contributed by atoms with van der Waals surface area (Å²) in [5.41, 5.74) is 6.02. The SMILES string of the molecule is CCC(N)c1nnc(-c2cc(Cl)cc([N+](=O)[O-])c2)o1. The van der Waals surface area contributed by atoms with E-state index in [0.29, 0.717) is 17.9 Å². The summed E-state index contributed by atoms with van der Waals surface area (Å²) in [6, 6.07) is 3.74. The summed E-state index contributed by atoms with van der Waals surface area (Å²) in [4.78, 5) is 10.2. The smallest absolute Gasteiger partial charge is 0.271 e. The number of nitrogens with two attached hydrogens (primary N) is 1. The van der Waals surface area contributed by atoms with Crippen LogP contribution >= 0.6 is 11.6 Å². The Morgan fingerprint density at radius 3 is 2.84 bits per heavy atom. The number of nitrogens with zero attached hydrogens (tertiary/aromatic N) is 3. The van der Waals surface area contributed by atoms with Crippen LogP contribution in [-0.2, 0) is 0 Å². The number of non-ortho nitro benzene ring substituents is 1. The summed E-state index contributed by atoms with van der Waals surface area (Å²) in [6.45, 7) is 1.89. The van der Waals surface area contributed by atoms with Crippen LogP contribution in [0.15, 0.2) is 22.6 Å². The quantitative estimate of drug-likeness (QED) is 0.682. The minimum Gasteiger partial charge on any atom is -0.419 e. The van der Waals surface area contributed by atoms with Crippen LogP contribution in [-0.4, -0.2) is 15.1 Å². The summed E-state index contributed by atoms with van der Waals surface area (Å²) < 4.78 is 5.38. The lowest BCUT2D eigenvalue weighted by molar-refractivity contribution is -0.384. The van der Waals surface area contributed by atoms with Gasteiger partial charge in [0.05, 0.1) is 11.0 Å². The van der Waals surface area contributed by atoms with Gasteiger partial charge in [0.15, 0.2) is 0 Å². The second kappa shape index (κ2) is 5.33. The van der Waals surface area contributed by atoms with Gasteiger partial charge in [-0.1, -0.05) is 18.5 Å². The van der Waals surface area contributed by atoms with Crippen molar-refractivity contribution in [2.24, 2.45) is 5.73 Å². The van der Waals surface area contributed by atoms with E-state index in [1.807, 2.05) is 6.92 Å². The first-order valence-corrected chi connectivity index (χ1v) is 5.93. The van der Waals surface area contributed by atoms with Gasteiger partial charge in [0.2, 0.25) is 11.8 Å². The Morgan fingerprint density at radius 1 is 1.47 bits per heavy atom. The Balaban J connectivity index is 2.41. The minimum atomic E-state index is -0.537. The first-order chi connectivity index (χ1) is 9.01. The van der Waals surface area contributed by atoms with E-state index in [4.69, 9.17) is 21.8 Å². The van der Waals surface area contributed by atoms with Crippen LogP contribution in [0.1, 0.15) is 25.3 Å². The van der Waals surface area contributed by atoms with E-state index in [1.165, 1.54) is 18.2 Å². The maximum atomic E-state index is 10.8. The number of rotatable bonds is 4. The van der Waals surface area contributed by atoms with Gasteiger partial charge in [0.1, 0.15) is 0 Å². The highest BCUT2D eigenvalue weighted by atomic mass is 35.5. The molecular weight excluding hydrogens is 272 g/mol. The van der Waals surface area contributed by atoms with Crippen molar-refractivity contribution in [3.63, 3.8) is 0 Å². The summed E-state index contributed by atoms with van der Waals surface area (Å²) in [6.07, 6.45) is 0.650. The normalized spacial score (nSPS) is 12.4. The van der Waals surface area contributed by atoms with Crippen molar-refractivity contribution in [1.29, 1.82) is 0 Å². The fourth-order valence-electron chi connectivity index (χ4n) is 1.48. The lowest BCUT2D eigenvalue weighted by Crippen LogP contribution is -2.08. The first-order valence-electron chi connectivity index (χ1n) is 5.55. The lowest BCUT2D eigenvalue weighted by Gasteiger charge is -2.01. The number of benzene rings is 1. The average molecular weight is 283 g/mol. The highest BCUT2D eigenvalue weighted by molar-refractivity contribution is 6.31. The van der Waals surface area contributed by atoms with Crippen LogP contribution in [0.25, 0.3) is 11.5 Å². The van der Waals surface area contributed by atoms with Crippen molar-refractivity contribution in [2.75, 3.05) is 0 Å². The molecule has 0 saturated carbocycles. The fourth-order valence-corrected chi connectivity index (χ4v) is 1.71. The molecule has 0 radical (unpaired) electrons. The summed E-state index contributed by atoms with van der Waals surface area (Å²) in [5.74, 6) is 0.449. The van der Waals surface area contributed by atoms with Gasteiger partial charge in [-0.2, -0.15) is 0 Å². The summed E-state index contributed by atoms with van der Waals surface area (Å²) >= 11 is 5.82. The Bertz CT molecular complexity index is 614. The van der Waals surface area contributed by atoms with Crippen LogP contribution in [0.2, 0.25) is 5.02 Å². The van der Waals surface area contributed by atoms with Gasteiger partial charge in [-0.25, -0.2) is 0 Å². The van der Waals surface area contributed by atoms with Crippen molar-refractivity contribution in [3.05, 3.63) is 39.2 Å². The van der Waals surface area contributed by atoms with Crippen LogP contribution < -0.4 is 5.73 Å². The van der Waals surface area contributed by atoms with Crippen molar-refractivity contribution in [3.8, 4) is 11.5 Å². The molecule has 2 rings (SSSR count). The Morgan fingerprint density at radius 2 is 2.21 bits per heavy atom. The van der Waals surface area contributed by atoms with Gasteiger partial charge in [-0.15, -0.1) is 10.2 Å². The first kappa shape index (κ1) is 13.4. The number of nitro groups is 1. The number of nitro benzene ring substituents is 1. The molecule has 0 aliphatic rings. The largest absolute Gasteiger partial charge is 0.419 e. The monoisotopic (exact) mass is 282 g/mol. The van der Waals surface area contributed by atoms with E-state index < -0.39 is 4.92 Å². The molecule has 8 heteroatoms. The van der Waals surface area contributed by atoms with E-state index in [1.54, 1.807) is 0 Å². The Hall–Kier alpha value is -1.99. The molecule has 0 bridgehead atoms. The zero-order chi connectivity index (χ0) is 14.0. The van der Waals surface area contributed by atoms with E-state index in [2.05, 4.69) is 10.2 Å². The standard InChI is InChI=1S/C11H11ClN4O3/c1-2-9(13)11-15-14-10(19-11)6-3-7(12)5-8(4-6)16(17)18/h3-5,9H,2,13H2,1H3. The maximum absolute atomic E-state index is 10.8. The van der Waals surface area contributed by atoms with E-state index >= 15 is 0 Å². The number of hydrogen-bond donors (Lipinski definition) is 1. The minimum absolute atomic E-state index is 0.137. The molecule has 0 amide bonds. The zero-order valence-corrected chi connectivity index (χ0v) is 10.8. The molecule has 1 heterocycles. The van der Waals surface area contributed by atoms with Gasteiger partial charge in [0.25, 0.3) is 5.69 Å². The van der Waals surface area contributed by atoms with Crippen LogP contribution in [0.3, 0.4) is 0 Å². The third-order valence-corrected chi connectivity index (χ3v) is 2.76. The topological polar surface area (TPSA) is 108 Å². The molecule has 0 aliphatic heterocycles. The average Bonchev–Trinajstić information content (AvgIpc) is 2.86. The molecule has 7 nitrogen and oxygen atoms in total. The van der Waals surface area contributed by atoms with Crippen molar-refractivity contribution in [2.45, 2.75) is 19.4 Å². The second-order valence-corrected chi connectivity index (χ2v) is 4.35. The molecule has 1 aromatic heterocycles. The molecule has 0 fully saturated rings. The van der Waals surface area contributed by atoms with Gasteiger partial charge in [-0.05, 0) is 12.5 Å². The second-order valence-electron chi connectivity index (χ2n) is 3.92. The number of halogens is 1. The molecule has 1 unspecified atom stereocenters. The van der Waals surface area contributed by atoms with Crippen LogP contribution in [0.4, 0.5) is 5.69 Å². The molecule has 1 aromatic carbocycles. The van der Waals surface area contributed by atoms with Crippen LogP contribution in [0, 0.1) is 10.1 Å². The van der Waals surface area contributed by atoms with Crippen molar-refractivity contribution in [1.82, 2.24) is 10.2 Å². The fraction of sp³-hybridized carbons (Fsp3) is 0.273. The van der Waals surface area contributed by atoms with Crippen molar-refractivity contribution < 1.29 is 9.34 Å². The highest BCUT2D eigenvalue weighted by Gasteiger charge is 2.17. The Kier molecular flexibility index (Phi) is 3.77. The maximum Gasteiger partial charge on any atom is 0.271 e. The zero-order valence-electron chi connectivity index (χ0n) is 10.0. The van der Waals surface area contributed by atoms with Gasteiger partial charge < -0.3 is 10.2 Å². The van der Waals surface area contributed by atoms with Crippen molar-refractivity contribution >= 4 is 17.3 Å². The van der Waals surface area contributed by atoms with E-state index in [0.717, 1.165) is 0 Å². The Labute approximate surface area is 113 Å². The number of aromatic nitrogens is 2. The molecule has 2 N–H and O–H groups in total. The van der Waals surface area contributed by atoms with Gasteiger partial charge in [0, 0.05) is 22.7 Å². The predicted octanol–water partition coefficient (Wildman–Crippen LogP) is 2.71. The van der Waals surface area contributed by atoms with Gasteiger partial charge >= 0.3 is 0 Å². The summed E-state index contributed by atoms with van der Waals surface area (Å²) in [5, 5.41) is 18.6. The third kappa shape index (κ3) is 2.88. The molecular formula is C11H11ClN4O3. The van der Waals surface area contributed by atoms with E-state index in [9.17, 15) is 10.1 Å². The van der Waals surface area contributed by atoms with Crippen LogP contribution in [0.5, 0.6) is 0 Å². The molecule has 100 valence electrons. The molecule has 1 atom stereocenters. The van der Waals surface area contributed by atoms with E-state index in [-0.39, 0.29) is 22.6 Å².